The normalized spacial score (nSPS) is 19.1. The Kier molecular flexibility index (Phi) is 14.3. The lowest BCUT2D eigenvalue weighted by Gasteiger charge is -2.45. The molecule has 0 bridgehead atoms. The van der Waals surface area contributed by atoms with Crippen molar-refractivity contribution >= 4 is 17.5 Å². The van der Waals surface area contributed by atoms with Crippen LogP contribution in [0.2, 0.25) is 0 Å². The third kappa shape index (κ3) is 10.2. The molecule has 1 heterocycles. The third-order valence-corrected chi connectivity index (χ3v) is 8.94. The number of halogens is 5. The standard InChI is InChI=1S/C42H37F5O9S/c1-48-28-19-12-20-29(49-2)36(28)54-41-40(56-42(57)55-38-34(46)32(44)31(43)33(45)35(38)47)39(52-23-27-17-10-5-11-18-27)37(51-22-26-15-8-4-9-16-26)30(53-41)24-50-21-25-13-6-3-7-14-25/h3-20,30,37,39-41H,21-24H2,1-2H3/t30-,37-,39+,40-,41+/m1/s1. The highest BCUT2D eigenvalue weighted by Gasteiger charge is 2.51. The molecule has 5 aromatic carbocycles. The molecule has 0 radical (unpaired) electrons. The number of methoxy groups -OCH3 is 2. The molecular weight excluding hydrogens is 776 g/mol. The maximum absolute atomic E-state index is 14.8. The van der Waals surface area contributed by atoms with E-state index in [1.54, 1.807) is 18.2 Å². The molecule has 15 heteroatoms. The first-order valence-corrected chi connectivity index (χ1v) is 17.9. The fraction of sp³-hybridized carbons (Fsp3) is 0.262. The molecule has 0 aliphatic carbocycles. The van der Waals surface area contributed by atoms with Crippen molar-refractivity contribution in [2.75, 3.05) is 20.8 Å². The Morgan fingerprint density at radius 3 is 1.54 bits per heavy atom. The minimum atomic E-state index is -2.38. The van der Waals surface area contributed by atoms with E-state index in [0.29, 0.717) is 0 Å². The van der Waals surface area contributed by atoms with Gasteiger partial charge in [0.05, 0.1) is 40.6 Å². The van der Waals surface area contributed by atoms with Crippen LogP contribution in [0.15, 0.2) is 109 Å². The molecule has 0 N–H and O–H groups in total. The number of rotatable bonds is 16. The first kappa shape index (κ1) is 41.3. The van der Waals surface area contributed by atoms with E-state index in [1.165, 1.54) is 14.2 Å². The van der Waals surface area contributed by atoms with Crippen molar-refractivity contribution < 1.29 is 64.6 Å². The summed E-state index contributed by atoms with van der Waals surface area (Å²) in [6.07, 6.45) is -6.25. The number of thiocarbonyl (C=S) groups is 1. The number of hydrogen-bond donors (Lipinski definition) is 0. The first-order chi connectivity index (χ1) is 27.7. The Morgan fingerprint density at radius 2 is 1.04 bits per heavy atom. The van der Waals surface area contributed by atoms with Gasteiger partial charge < -0.3 is 42.6 Å². The Balaban J connectivity index is 1.41. The van der Waals surface area contributed by atoms with Gasteiger partial charge in [-0.1, -0.05) is 97.1 Å². The van der Waals surface area contributed by atoms with Crippen LogP contribution in [0.5, 0.6) is 23.0 Å². The minimum absolute atomic E-state index is 0.0237. The molecule has 300 valence electrons. The second-order valence-corrected chi connectivity index (χ2v) is 12.8. The predicted molar refractivity (Wildman–Crippen MR) is 199 cm³/mol. The largest absolute Gasteiger partial charge is 0.493 e. The summed E-state index contributed by atoms with van der Waals surface area (Å²) in [6.45, 7) is 0.164. The van der Waals surface area contributed by atoms with E-state index in [9.17, 15) is 22.0 Å². The van der Waals surface area contributed by atoms with Gasteiger partial charge in [0.25, 0.3) is 0 Å². The lowest BCUT2D eigenvalue weighted by atomic mass is 9.98. The zero-order valence-corrected chi connectivity index (χ0v) is 31.4. The number of para-hydroxylation sites is 1. The zero-order valence-electron chi connectivity index (χ0n) is 30.6. The van der Waals surface area contributed by atoms with Gasteiger partial charge >= 0.3 is 5.24 Å². The molecule has 5 atom stereocenters. The van der Waals surface area contributed by atoms with E-state index in [1.807, 2.05) is 91.0 Å². The molecule has 57 heavy (non-hydrogen) atoms. The Hall–Kier alpha value is -5.32. The van der Waals surface area contributed by atoms with E-state index in [2.05, 4.69) is 0 Å². The Bertz CT molecular complexity index is 2030. The lowest BCUT2D eigenvalue weighted by Crippen LogP contribution is -2.63. The van der Waals surface area contributed by atoms with Gasteiger partial charge in [-0.25, -0.2) is 13.2 Å². The van der Waals surface area contributed by atoms with Crippen LogP contribution in [0.4, 0.5) is 22.0 Å². The van der Waals surface area contributed by atoms with E-state index < -0.39 is 70.8 Å². The monoisotopic (exact) mass is 812 g/mol. The summed E-state index contributed by atoms with van der Waals surface area (Å²) in [5.41, 5.74) is 2.42. The average Bonchev–Trinajstić information content (AvgIpc) is 3.24. The molecule has 1 aliphatic heterocycles. The van der Waals surface area contributed by atoms with Crippen LogP contribution in [-0.4, -0.2) is 56.8 Å². The van der Waals surface area contributed by atoms with Crippen molar-refractivity contribution in [3.63, 3.8) is 0 Å². The van der Waals surface area contributed by atoms with Crippen LogP contribution in [0.3, 0.4) is 0 Å². The van der Waals surface area contributed by atoms with Crippen LogP contribution < -0.4 is 18.9 Å². The smallest absolute Gasteiger partial charge is 0.358 e. The SMILES string of the molecule is COc1cccc(OC)c1O[C@@H]1O[C@H](COCc2ccccc2)[C@@H](OCc2ccccc2)[C@H](OCc2ccccc2)[C@H]1OC(=S)Oc1c(F)c(F)c(F)c(F)c1F. The van der Waals surface area contributed by atoms with Crippen molar-refractivity contribution in [2.24, 2.45) is 0 Å². The molecule has 1 fully saturated rings. The molecule has 0 amide bonds. The van der Waals surface area contributed by atoms with Gasteiger partial charge in [0.2, 0.25) is 46.9 Å². The summed E-state index contributed by atoms with van der Waals surface area (Å²) < 4.78 is 126. The molecule has 0 spiro atoms. The van der Waals surface area contributed by atoms with Crippen molar-refractivity contribution in [1.29, 1.82) is 0 Å². The first-order valence-electron chi connectivity index (χ1n) is 17.5. The summed E-state index contributed by atoms with van der Waals surface area (Å²) in [6, 6.07) is 32.6. The van der Waals surface area contributed by atoms with Crippen LogP contribution in [0, 0.1) is 29.1 Å². The molecule has 9 nitrogen and oxygen atoms in total. The summed E-state index contributed by atoms with van der Waals surface area (Å²) >= 11 is 5.24. The second kappa shape index (κ2) is 19.7. The summed E-state index contributed by atoms with van der Waals surface area (Å²) in [5.74, 6) is -12.6. The predicted octanol–water partition coefficient (Wildman–Crippen LogP) is 8.64. The highest BCUT2D eigenvalue weighted by molar-refractivity contribution is 7.79. The third-order valence-electron chi connectivity index (χ3n) is 8.76. The number of ether oxygens (including phenoxy) is 9. The van der Waals surface area contributed by atoms with Crippen molar-refractivity contribution in [3.05, 3.63) is 155 Å². The average molecular weight is 813 g/mol. The van der Waals surface area contributed by atoms with Gasteiger partial charge in [0, 0.05) is 12.2 Å². The highest BCUT2D eigenvalue weighted by atomic mass is 32.1. The molecule has 5 aromatic rings. The summed E-state index contributed by atoms with van der Waals surface area (Å²) in [4.78, 5) is 0. The Labute approximate surface area is 330 Å². The zero-order chi connectivity index (χ0) is 40.3. The van der Waals surface area contributed by atoms with E-state index in [4.69, 9.17) is 54.8 Å². The van der Waals surface area contributed by atoms with Crippen molar-refractivity contribution in [3.8, 4) is 23.0 Å². The maximum atomic E-state index is 14.8. The minimum Gasteiger partial charge on any atom is -0.493 e. The molecule has 6 rings (SSSR count). The fourth-order valence-electron chi connectivity index (χ4n) is 5.97. The summed E-state index contributed by atoms with van der Waals surface area (Å²) in [7, 11) is 2.81. The van der Waals surface area contributed by atoms with Crippen LogP contribution in [-0.2, 0) is 43.5 Å². The topological polar surface area (TPSA) is 83.1 Å². The fourth-order valence-corrected chi connectivity index (χ4v) is 6.16. The van der Waals surface area contributed by atoms with Gasteiger partial charge in [-0.15, -0.1) is 0 Å². The Morgan fingerprint density at radius 1 is 0.561 bits per heavy atom. The van der Waals surface area contributed by atoms with E-state index in [-0.39, 0.29) is 43.7 Å². The van der Waals surface area contributed by atoms with Crippen molar-refractivity contribution in [1.82, 2.24) is 0 Å². The quantitative estimate of drug-likeness (QED) is 0.0418. The number of benzene rings is 5. The molecule has 0 saturated carbocycles. The second-order valence-electron chi connectivity index (χ2n) is 12.5. The summed E-state index contributed by atoms with van der Waals surface area (Å²) in [5, 5.41) is -1.05. The lowest BCUT2D eigenvalue weighted by molar-refractivity contribution is -0.297. The molecule has 0 aromatic heterocycles. The van der Waals surface area contributed by atoms with E-state index >= 15 is 0 Å². The van der Waals surface area contributed by atoms with Crippen LogP contribution >= 0.6 is 12.2 Å². The maximum Gasteiger partial charge on any atom is 0.358 e. The van der Waals surface area contributed by atoms with E-state index in [0.717, 1.165) is 16.7 Å². The molecular formula is C42H37F5O9S. The van der Waals surface area contributed by atoms with Gasteiger partial charge in [0.1, 0.15) is 18.3 Å². The van der Waals surface area contributed by atoms with Gasteiger partial charge in [0.15, 0.2) is 17.6 Å². The molecule has 0 unspecified atom stereocenters. The highest BCUT2D eigenvalue weighted by Crippen LogP contribution is 2.41. The van der Waals surface area contributed by atoms with Crippen molar-refractivity contribution in [2.45, 2.75) is 50.5 Å². The van der Waals surface area contributed by atoms with Crippen LogP contribution in [0.25, 0.3) is 0 Å². The molecule has 1 saturated heterocycles. The van der Waals surface area contributed by atoms with Gasteiger partial charge in [-0.05, 0) is 28.8 Å². The number of hydrogen-bond acceptors (Lipinski definition) is 10. The van der Waals surface area contributed by atoms with Crippen LogP contribution in [0.1, 0.15) is 16.7 Å². The van der Waals surface area contributed by atoms with Gasteiger partial charge in [-0.3, -0.25) is 0 Å². The van der Waals surface area contributed by atoms with Gasteiger partial charge in [-0.2, -0.15) is 8.78 Å². The molecule has 1 aliphatic rings.